The lowest BCUT2D eigenvalue weighted by Crippen LogP contribution is -2.17. The Bertz CT molecular complexity index is 1010. The molecule has 3 aromatic rings. The second kappa shape index (κ2) is 7.97. The van der Waals surface area contributed by atoms with Crippen molar-refractivity contribution in [3.05, 3.63) is 52.6 Å². The first-order chi connectivity index (χ1) is 13.6. The minimum atomic E-state index is -0.338. The fraction of sp³-hybridized carbons (Fsp3) is 0.211. The molecule has 0 bridgehead atoms. The van der Waals surface area contributed by atoms with Gasteiger partial charge in [0, 0.05) is 35.0 Å². The summed E-state index contributed by atoms with van der Waals surface area (Å²) in [7, 11) is 0. The number of hydrogen-bond acceptors (Lipinski definition) is 6. The lowest BCUT2D eigenvalue weighted by atomic mass is 10.2. The Morgan fingerprint density at radius 3 is 2.61 bits per heavy atom. The number of hydrogen-bond donors (Lipinski definition) is 1. The van der Waals surface area contributed by atoms with Crippen molar-refractivity contribution in [1.82, 2.24) is 10.1 Å². The highest BCUT2D eigenvalue weighted by Gasteiger charge is 2.17. The SMILES string of the molecule is O=C(CCc1nc(-c2ccc(F)cc2)no1)Nc1cc2c(cc1Br)OCCO2. The van der Waals surface area contributed by atoms with E-state index >= 15 is 0 Å². The second-order valence-electron chi connectivity index (χ2n) is 6.04. The third-order valence-electron chi connectivity index (χ3n) is 4.04. The van der Waals surface area contributed by atoms with E-state index in [-0.39, 0.29) is 24.6 Å². The monoisotopic (exact) mass is 447 g/mol. The van der Waals surface area contributed by atoms with Crippen molar-refractivity contribution in [3.63, 3.8) is 0 Å². The number of benzene rings is 2. The summed E-state index contributed by atoms with van der Waals surface area (Å²) in [5, 5.41) is 6.68. The van der Waals surface area contributed by atoms with E-state index in [0.29, 0.717) is 52.2 Å². The highest BCUT2D eigenvalue weighted by atomic mass is 79.9. The van der Waals surface area contributed by atoms with Gasteiger partial charge in [-0.15, -0.1) is 0 Å². The Balaban J connectivity index is 1.37. The molecule has 1 aliphatic heterocycles. The standard InChI is InChI=1S/C19H15BrFN3O4/c20-13-9-15-16(27-8-7-26-15)10-14(13)22-17(25)5-6-18-23-19(24-28-18)11-1-3-12(21)4-2-11/h1-4,9-10H,5-8H2,(H,22,25). The van der Waals surface area contributed by atoms with Gasteiger partial charge in [0.1, 0.15) is 19.0 Å². The molecule has 0 saturated heterocycles. The third kappa shape index (κ3) is 4.14. The summed E-state index contributed by atoms with van der Waals surface area (Å²) < 4.78 is 29.9. The first-order valence-electron chi connectivity index (χ1n) is 8.56. The zero-order valence-electron chi connectivity index (χ0n) is 14.6. The Morgan fingerprint density at radius 2 is 1.86 bits per heavy atom. The second-order valence-corrected chi connectivity index (χ2v) is 6.90. The molecule has 9 heteroatoms. The number of nitrogens with zero attached hydrogens (tertiary/aromatic N) is 2. The predicted octanol–water partition coefficient (Wildman–Crippen LogP) is 3.98. The highest BCUT2D eigenvalue weighted by molar-refractivity contribution is 9.10. The van der Waals surface area contributed by atoms with Crippen molar-refractivity contribution in [2.75, 3.05) is 18.5 Å². The summed E-state index contributed by atoms with van der Waals surface area (Å²) in [5.74, 6) is 1.36. The number of anilines is 1. The van der Waals surface area contributed by atoms with E-state index in [2.05, 4.69) is 31.4 Å². The summed E-state index contributed by atoms with van der Waals surface area (Å²) in [6, 6.07) is 9.26. The van der Waals surface area contributed by atoms with Crippen molar-refractivity contribution < 1.29 is 23.2 Å². The minimum Gasteiger partial charge on any atom is -0.486 e. The Kier molecular flexibility index (Phi) is 5.25. The summed E-state index contributed by atoms with van der Waals surface area (Å²) >= 11 is 3.42. The van der Waals surface area contributed by atoms with Gasteiger partial charge in [0.25, 0.3) is 0 Å². The normalized spacial score (nSPS) is 12.6. The van der Waals surface area contributed by atoms with Crippen LogP contribution < -0.4 is 14.8 Å². The molecular formula is C19H15BrFN3O4. The number of aromatic nitrogens is 2. The van der Waals surface area contributed by atoms with Gasteiger partial charge in [0.05, 0.1) is 5.69 Å². The van der Waals surface area contributed by atoms with Crippen LogP contribution in [0.2, 0.25) is 0 Å². The van der Waals surface area contributed by atoms with Crippen LogP contribution in [0, 0.1) is 5.82 Å². The summed E-state index contributed by atoms with van der Waals surface area (Å²) in [5.41, 5.74) is 1.23. The molecule has 0 aliphatic carbocycles. The van der Waals surface area contributed by atoms with Crippen molar-refractivity contribution in [2.45, 2.75) is 12.8 Å². The van der Waals surface area contributed by atoms with E-state index in [9.17, 15) is 9.18 Å². The fourth-order valence-corrected chi connectivity index (χ4v) is 3.09. The van der Waals surface area contributed by atoms with E-state index in [4.69, 9.17) is 14.0 Å². The topological polar surface area (TPSA) is 86.5 Å². The molecule has 4 rings (SSSR count). The van der Waals surface area contributed by atoms with Gasteiger partial charge in [-0.05, 0) is 40.2 Å². The van der Waals surface area contributed by atoms with E-state index < -0.39 is 0 Å². The van der Waals surface area contributed by atoms with Gasteiger partial charge in [-0.3, -0.25) is 4.79 Å². The molecule has 1 aromatic heterocycles. The Labute approximate surface area is 168 Å². The van der Waals surface area contributed by atoms with E-state index in [1.54, 1.807) is 24.3 Å². The van der Waals surface area contributed by atoms with Crippen LogP contribution in [0.4, 0.5) is 10.1 Å². The largest absolute Gasteiger partial charge is 0.486 e. The van der Waals surface area contributed by atoms with E-state index in [0.717, 1.165) is 0 Å². The minimum absolute atomic E-state index is 0.159. The van der Waals surface area contributed by atoms with Crippen LogP contribution in [-0.2, 0) is 11.2 Å². The van der Waals surface area contributed by atoms with Gasteiger partial charge in [0.15, 0.2) is 11.5 Å². The maximum absolute atomic E-state index is 13.0. The number of halogens is 2. The quantitative estimate of drug-likeness (QED) is 0.636. The van der Waals surface area contributed by atoms with Crippen LogP contribution >= 0.6 is 15.9 Å². The van der Waals surface area contributed by atoms with Crippen molar-refractivity contribution in [1.29, 1.82) is 0 Å². The first kappa shape index (κ1) is 18.4. The van der Waals surface area contributed by atoms with Crippen LogP contribution in [0.5, 0.6) is 11.5 Å². The first-order valence-corrected chi connectivity index (χ1v) is 9.35. The highest BCUT2D eigenvalue weighted by Crippen LogP contribution is 2.38. The molecule has 1 aliphatic rings. The molecule has 0 unspecified atom stereocenters. The average Bonchev–Trinajstić information content (AvgIpc) is 3.16. The van der Waals surface area contributed by atoms with Gasteiger partial charge in [-0.1, -0.05) is 5.16 Å². The molecule has 0 atom stereocenters. The van der Waals surface area contributed by atoms with Gasteiger partial charge in [-0.25, -0.2) is 4.39 Å². The van der Waals surface area contributed by atoms with Gasteiger partial charge in [-0.2, -0.15) is 4.98 Å². The smallest absolute Gasteiger partial charge is 0.227 e. The predicted molar refractivity (Wildman–Crippen MR) is 102 cm³/mol. The molecule has 1 N–H and O–H groups in total. The Morgan fingerprint density at radius 1 is 1.14 bits per heavy atom. The summed E-state index contributed by atoms with van der Waals surface area (Å²) in [4.78, 5) is 16.5. The molecule has 0 fully saturated rings. The van der Waals surface area contributed by atoms with Crippen molar-refractivity contribution in [3.8, 4) is 22.9 Å². The maximum Gasteiger partial charge on any atom is 0.227 e. The van der Waals surface area contributed by atoms with Gasteiger partial charge >= 0.3 is 0 Å². The fourth-order valence-electron chi connectivity index (χ4n) is 2.67. The molecule has 0 saturated carbocycles. The van der Waals surface area contributed by atoms with Crippen LogP contribution in [-0.4, -0.2) is 29.3 Å². The van der Waals surface area contributed by atoms with Crippen LogP contribution in [0.3, 0.4) is 0 Å². The number of nitrogens with one attached hydrogen (secondary N) is 1. The molecule has 1 amide bonds. The maximum atomic E-state index is 13.0. The lowest BCUT2D eigenvalue weighted by Gasteiger charge is -2.20. The number of aryl methyl sites for hydroxylation is 1. The van der Waals surface area contributed by atoms with Gasteiger partial charge in [0.2, 0.25) is 17.6 Å². The molecule has 0 spiro atoms. The molecule has 2 heterocycles. The average molecular weight is 448 g/mol. The lowest BCUT2D eigenvalue weighted by molar-refractivity contribution is -0.116. The van der Waals surface area contributed by atoms with Crippen LogP contribution in [0.25, 0.3) is 11.4 Å². The number of ether oxygens (including phenoxy) is 2. The van der Waals surface area contributed by atoms with Crippen molar-refractivity contribution >= 4 is 27.5 Å². The number of amides is 1. The van der Waals surface area contributed by atoms with E-state index in [1.807, 2.05) is 0 Å². The number of fused-ring (bicyclic) bond motifs is 1. The van der Waals surface area contributed by atoms with Crippen LogP contribution in [0.1, 0.15) is 12.3 Å². The summed E-state index contributed by atoms with van der Waals surface area (Å²) in [6.45, 7) is 0.963. The number of rotatable bonds is 5. The zero-order valence-corrected chi connectivity index (χ0v) is 16.2. The van der Waals surface area contributed by atoms with Crippen molar-refractivity contribution in [2.24, 2.45) is 0 Å². The number of carbonyl (C=O) groups is 1. The Hall–Kier alpha value is -2.94. The molecule has 2 aromatic carbocycles. The molecule has 7 nitrogen and oxygen atoms in total. The zero-order chi connectivity index (χ0) is 19.5. The third-order valence-corrected chi connectivity index (χ3v) is 4.70. The molecule has 144 valence electrons. The summed E-state index contributed by atoms with van der Waals surface area (Å²) in [6.07, 6.45) is 0.439. The van der Waals surface area contributed by atoms with Crippen LogP contribution in [0.15, 0.2) is 45.4 Å². The van der Waals surface area contributed by atoms with E-state index in [1.165, 1.54) is 12.1 Å². The number of carbonyl (C=O) groups excluding carboxylic acids is 1. The molecular weight excluding hydrogens is 433 g/mol. The molecule has 28 heavy (non-hydrogen) atoms. The molecule has 0 radical (unpaired) electrons. The van der Waals surface area contributed by atoms with Gasteiger partial charge < -0.3 is 19.3 Å².